The van der Waals surface area contributed by atoms with E-state index in [0.717, 1.165) is 37.7 Å². The van der Waals surface area contributed by atoms with Gasteiger partial charge in [-0.2, -0.15) is 0 Å². The van der Waals surface area contributed by atoms with Crippen LogP contribution < -0.4 is 15.4 Å². The number of nitrogens with zero attached hydrogens (tertiary/aromatic N) is 1. The lowest BCUT2D eigenvalue weighted by Gasteiger charge is -2.36. The summed E-state index contributed by atoms with van der Waals surface area (Å²) >= 11 is 5.39. The number of esters is 1. The maximum absolute atomic E-state index is 12.4. The van der Waals surface area contributed by atoms with E-state index < -0.39 is 12.0 Å². The molecule has 1 saturated carbocycles. The Kier molecular flexibility index (Phi) is 8.22. The Labute approximate surface area is 187 Å². The van der Waals surface area contributed by atoms with E-state index in [4.69, 9.17) is 21.7 Å². The number of nitrogens with one attached hydrogen (secondary N) is 2. The van der Waals surface area contributed by atoms with Crippen LogP contribution in [0.2, 0.25) is 0 Å². The predicted molar refractivity (Wildman–Crippen MR) is 119 cm³/mol. The maximum Gasteiger partial charge on any atom is 0.308 e. The Hall–Kier alpha value is -2.68. The van der Waals surface area contributed by atoms with Crippen molar-refractivity contribution < 1.29 is 23.9 Å². The first-order valence-corrected chi connectivity index (χ1v) is 11.1. The molecule has 8 nitrogen and oxygen atoms in total. The summed E-state index contributed by atoms with van der Waals surface area (Å²) in [6.07, 6.45) is 4.97. The molecular formula is C22H29N3O5S. The van der Waals surface area contributed by atoms with E-state index in [-0.39, 0.29) is 35.9 Å². The van der Waals surface area contributed by atoms with Crippen LogP contribution in [0, 0.1) is 0 Å². The van der Waals surface area contributed by atoms with Crippen molar-refractivity contribution in [3.8, 4) is 5.75 Å². The molecule has 2 fully saturated rings. The van der Waals surface area contributed by atoms with Gasteiger partial charge in [-0.1, -0.05) is 18.6 Å². The molecule has 3 rings (SSSR count). The number of hydrogen-bond acceptors (Lipinski definition) is 6. The van der Waals surface area contributed by atoms with Gasteiger partial charge in [0.05, 0.1) is 20.0 Å². The van der Waals surface area contributed by atoms with Gasteiger partial charge in [0.15, 0.2) is 5.11 Å². The molecule has 1 aliphatic heterocycles. The highest BCUT2D eigenvalue weighted by molar-refractivity contribution is 7.80. The quantitative estimate of drug-likeness (QED) is 0.506. The maximum atomic E-state index is 12.4. The third-order valence-corrected chi connectivity index (χ3v) is 5.91. The monoisotopic (exact) mass is 447 g/mol. The topological polar surface area (TPSA) is 97.0 Å². The number of ether oxygens (including phenoxy) is 2. The van der Waals surface area contributed by atoms with E-state index in [1.54, 1.807) is 36.3 Å². The number of piperazine rings is 1. The van der Waals surface area contributed by atoms with Crippen LogP contribution in [-0.2, 0) is 25.5 Å². The summed E-state index contributed by atoms with van der Waals surface area (Å²) in [5, 5.41) is 5.59. The molecule has 1 atom stereocenters. The third kappa shape index (κ3) is 6.65. The highest BCUT2D eigenvalue weighted by Gasteiger charge is 2.34. The summed E-state index contributed by atoms with van der Waals surface area (Å²) < 4.78 is 10.7. The molecule has 9 heteroatoms. The van der Waals surface area contributed by atoms with Crippen molar-refractivity contribution in [1.29, 1.82) is 0 Å². The molecule has 1 unspecified atom stereocenters. The molecule has 1 aromatic rings. The molecular weight excluding hydrogens is 418 g/mol. The largest absolute Gasteiger partial charge is 0.497 e. The molecule has 1 heterocycles. The lowest BCUT2D eigenvalue weighted by molar-refractivity contribution is -0.153. The fourth-order valence-electron chi connectivity index (χ4n) is 3.90. The van der Waals surface area contributed by atoms with Crippen LogP contribution in [0.4, 0.5) is 0 Å². The molecule has 1 aliphatic carbocycles. The molecule has 31 heavy (non-hydrogen) atoms. The molecule has 2 amide bonds. The molecule has 168 valence electrons. The zero-order valence-corrected chi connectivity index (χ0v) is 18.5. The normalized spacial score (nSPS) is 19.3. The fourth-order valence-corrected chi connectivity index (χ4v) is 4.23. The van der Waals surface area contributed by atoms with Gasteiger partial charge in [0.25, 0.3) is 0 Å². The first kappa shape index (κ1) is 23.0. The second kappa shape index (κ2) is 11.1. The van der Waals surface area contributed by atoms with Gasteiger partial charge in [-0.05, 0) is 55.6 Å². The minimum Gasteiger partial charge on any atom is -0.497 e. The first-order chi connectivity index (χ1) is 15.0. The molecule has 0 spiro atoms. The van der Waals surface area contributed by atoms with Crippen molar-refractivity contribution in [3.63, 3.8) is 0 Å². The summed E-state index contributed by atoms with van der Waals surface area (Å²) in [5.41, 5.74) is 0.810. The molecule has 2 aliphatic rings. The van der Waals surface area contributed by atoms with Crippen molar-refractivity contribution in [1.82, 2.24) is 15.5 Å². The summed E-state index contributed by atoms with van der Waals surface area (Å²) in [6, 6.07) is 6.38. The number of methoxy groups -OCH3 is 1. The standard InChI is InChI=1S/C22H29N3O5S/c1-29-16-9-7-15(8-10-16)13-19(26)24-22(31)25-12-11-23-21(28)18(25)14-20(27)30-17-5-3-2-4-6-17/h7-10,17-18H,2-6,11-14H2,1H3,(H,23,28)(H,24,26,31). The van der Waals surface area contributed by atoms with Crippen LogP contribution in [-0.4, -0.2) is 60.1 Å². The summed E-state index contributed by atoms with van der Waals surface area (Å²) in [4.78, 5) is 38.9. The van der Waals surface area contributed by atoms with Crippen LogP contribution in [0.25, 0.3) is 0 Å². The van der Waals surface area contributed by atoms with E-state index in [9.17, 15) is 14.4 Å². The van der Waals surface area contributed by atoms with Gasteiger partial charge in [0.1, 0.15) is 17.9 Å². The number of carbonyl (C=O) groups is 3. The van der Waals surface area contributed by atoms with Crippen LogP contribution in [0.1, 0.15) is 44.1 Å². The minimum absolute atomic E-state index is 0.0718. The zero-order valence-electron chi connectivity index (χ0n) is 17.7. The lowest BCUT2D eigenvalue weighted by atomic mass is 9.98. The van der Waals surface area contributed by atoms with Gasteiger partial charge in [-0.3, -0.25) is 14.4 Å². The van der Waals surface area contributed by atoms with Crippen molar-refractivity contribution in [2.75, 3.05) is 20.2 Å². The second-order valence-electron chi connectivity index (χ2n) is 7.83. The van der Waals surface area contributed by atoms with Gasteiger partial charge in [0.2, 0.25) is 11.8 Å². The highest BCUT2D eigenvalue weighted by Crippen LogP contribution is 2.21. The first-order valence-electron chi connectivity index (χ1n) is 10.7. The van der Waals surface area contributed by atoms with E-state index in [1.165, 1.54) is 0 Å². The second-order valence-corrected chi connectivity index (χ2v) is 8.22. The zero-order chi connectivity index (χ0) is 22.2. The molecule has 1 saturated heterocycles. The smallest absolute Gasteiger partial charge is 0.308 e. The number of rotatable bonds is 6. The average molecular weight is 448 g/mol. The van der Waals surface area contributed by atoms with Crippen LogP contribution >= 0.6 is 12.2 Å². The SMILES string of the molecule is COc1ccc(CC(=O)NC(=S)N2CCNC(=O)C2CC(=O)OC2CCCCC2)cc1. The van der Waals surface area contributed by atoms with Crippen molar-refractivity contribution >= 4 is 35.1 Å². The Morgan fingerprint density at radius 3 is 2.58 bits per heavy atom. The number of carbonyl (C=O) groups excluding carboxylic acids is 3. The van der Waals surface area contributed by atoms with Gasteiger partial charge in [0, 0.05) is 13.1 Å². The van der Waals surface area contributed by atoms with Crippen molar-refractivity contribution in [3.05, 3.63) is 29.8 Å². The Morgan fingerprint density at radius 2 is 1.90 bits per heavy atom. The van der Waals surface area contributed by atoms with Crippen LogP contribution in [0.3, 0.4) is 0 Å². The van der Waals surface area contributed by atoms with Crippen molar-refractivity contribution in [2.24, 2.45) is 0 Å². The number of amides is 2. The average Bonchev–Trinajstić information content (AvgIpc) is 2.76. The summed E-state index contributed by atoms with van der Waals surface area (Å²) in [7, 11) is 1.58. The Bertz CT molecular complexity index is 808. The number of hydrogen-bond donors (Lipinski definition) is 2. The number of benzene rings is 1. The molecule has 1 aromatic carbocycles. The molecule has 0 bridgehead atoms. The van der Waals surface area contributed by atoms with Gasteiger partial charge < -0.3 is 25.0 Å². The van der Waals surface area contributed by atoms with E-state index >= 15 is 0 Å². The highest BCUT2D eigenvalue weighted by atomic mass is 32.1. The Balaban J connectivity index is 1.55. The summed E-state index contributed by atoms with van der Waals surface area (Å²) in [6.45, 7) is 0.802. The predicted octanol–water partition coefficient (Wildman–Crippen LogP) is 1.71. The minimum atomic E-state index is -0.793. The fraction of sp³-hybridized carbons (Fsp3) is 0.545. The van der Waals surface area contributed by atoms with E-state index in [1.807, 2.05) is 0 Å². The number of thiocarbonyl (C=S) groups is 1. The summed E-state index contributed by atoms with van der Waals surface area (Å²) in [5.74, 6) is -0.281. The molecule has 0 radical (unpaired) electrons. The molecule has 2 N–H and O–H groups in total. The van der Waals surface area contributed by atoms with Crippen molar-refractivity contribution in [2.45, 2.75) is 57.1 Å². The molecule has 0 aromatic heterocycles. The lowest BCUT2D eigenvalue weighted by Crippen LogP contribution is -2.60. The van der Waals surface area contributed by atoms with Gasteiger partial charge >= 0.3 is 5.97 Å². The van der Waals surface area contributed by atoms with Crippen LogP contribution in [0.5, 0.6) is 5.75 Å². The van der Waals surface area contributed by atoms with E-state index in [0.29, 0.717) is 18.8 Å². The third-order valence-electron chi connectivity index (χ3n) is 5.57. The van der Waals surface area contributed by atoms with Gasteiger partial charge in [-0.15, -0.1) is 0 Å². The van der Waals surface area contributed by atoms with E-state index in [2.05, 4.69) is 10.6 Å². The van der Waals surface area contributed by atoms with Gasteiger partial charge in [-0.25, -0.2) is 0 Å². The van der Waals surface area contributed by atoms with Crippen LogP contribution in [0.15, 0.2) is 24.3 Å². The Morgan fingerprint density at radius 1 is 1.19 bits per heavy atom.